The van der Waals surface area contributed by atoms with Crippen molar-refractivity contribution in [2.45, 2.75) is 45.1 Å². The van der Waals surface area contributed by atoms with E-state index in [4.69, 9.17) is 14.2 Å². The van der Waals surface area contributed by atoms with Crippen LogP contribution in [0.3, 0.4) is 0 Å². The predicted octanol–water partition coefficient (Wildman–Crippen LogP) is 6.75. The molecule has 1 aliphatic heterocycles. The lowest BCUT2D eigenvalue weighted by atomic mass is 9.95. The van der Waals surface area contributed by atoms with Gasteiger partial charge in [-0.2, -0.15) is 0 Å². The Labute approximate surface area is 245 Å². The van der Waals surface area contributed by atoms with Crippen LogP contribution < -0.4 is 14.2 Å². The second-order valence-electron chi connectivity index (χ2n) is 10.8. The smallest absolute Gasteiger partial charge is 0.254 e. The summed E-state index contributed by atoms with van der Waals surface area (Å²) < 4.78 is 16.6. The number of ether oxygens (including phenoxy) is 3. The highest BCUT2D eigenvalue weighted by molar-refractivity contribution is 5.96. The zero-order valence-electron chi connectivity index (χ0n) is 25.0. The van der Waals surface area contributed by atoms with E-state index in [2.05, 4.69) is 60.4 Å². The third kappa shape index (κ3) is 8.37. The Morgan fingerprint density at radius 2 is 1.59 bits per heavy atom. The molecule has 0 saturated carbocycles. The molecular weight excluding hydrogens is 512 g/mol. The van der Waals surface area contributed by atoms with Crippen molar-refractivity contribution in [3.8, 4) is 17.2 Å². The maximum atomic E-state index is 14.0. The first-order valence-electron chi connectivity index (χ1n) is 14.6. The van der Waals surface area contributed by atoms with Gasteiger partial charge >= 0.3 is 0 Å². The molecule has 41 heavy (non-hydrogen) atoms. The average molecular weight is 557 g/mol. The Balaban J connectivity index is 1.51. The maximum Gasteiger partial charge on any atom is 0.254 e. The van der Waals surface area contributed by atoms with Gasteiger partial charge in [0.1, 0.15) is 0 Å². The summed E-state index contributed by atoms with van der Waals surface area (Å²) in [4.78, 5) is 18.6. The summed E-state index contributed by atoms with van der Waals surface area (Å²) in [6.07, 6.45) is 7.87. The van der Waals surface area contributed by atoms with Crippen molar-refractivity contribution in [3.63, 3.8) is 0 Å². The lowest BCUT2D eigenvalue weighted by molar-refractivity contribution is 0.0751. The predicted molar refractivity (Wildman–Crippen MR) is 166 cm³/mol. The van der Waals surface area contributed by atoms with Gasteiger partial charge in [0.25, 0.3) is 5.91 Å². The highest BCUT2D eigenvalue weighted by atomic mass is 16.5. The minimum atomic E-state index is -0.0513. The summed E-state index contributed by atoms with van der Waals surface area (Å²) in [5.74, 6) is 1.38. The van der Waals surface area contributed by atoms with Gasteiger partial charge in [-0.15, -0.1) is 0 Å². The van der Waals surface area contributed by atoms with Crippen LogP contribution in [0, 0.1) is 0 Å². The molecule has 0 N–H and O–H groups in total. The molecule has 6 heteroatoms. The van der Waals surface area contributed by atoms with Crippen LogP contribution in [-0.4, -0.2) is 69.3 Å². The molecule has 1 saturated heterocycles. The van der Waals surface area contributed by atoms with Crippen molar-refractivity contribution in [1.82, 2.24) is 9.80 Å². The Morgan fingerprint density at radius 1 is 0.927 bits per heavy atom. The van der Waals surface area contributed by atoms with Gasteiger partial charge in [0, 0.05) is 31.2 Å². The molecule has 1 unspecified atom stereocenters. The van der Waals surface area contributed by atoms with E-state index < -0.39 is 0 Å². The highest BCUT2D eigenvalue weighted by Crippen LogP contribution is 2.38. The number of benzene rings is 3. The molecule has 0 radical (unpaired) electrons. The Hall–Kier alpha value is -3.77. The van der Waals surface area contributed by atoms with Crippen molar-refractivity contribution in [3.05, 3.63) is 95.1 Å². The number of methoxy groups -OCH3 is 3. The number of likely N-dealkylation sites (tertiary alicyclic amines) is 1. The number of hydrogen-bond acceptors (Lipinski definition) is 5. The van der Waals surface area contributed by atoms with Crippen LogP contribution in [0.2, 0.25) is 0 Å². The zero-order valence-corrected chi connectivity index (χ0v) is 25.0. The van der Waals surface area contributed by atoms with E-state index in [1.807, 2.05) is 23.1 Å². The molecule has 1 amide bonds. The molecule has 0 bridgehead atoms. The van der Waals surface area contributed by atoms with Crippen LogP contribution in [-0.2, 0) is 6.42 Å². The zero-order chi connectivity index (χ0) is 29.0. The summed E-state index contributed by atoms with van der Waals surface area (Å²) in [6.45, 7) is 5.37. The van der Waals surface area contributed by atoms with Crippen molar-refractivity contribution in [1.29, 1.82) is 0 Å². The molecular formula is C35H44N2O4. The van der Waals surface area contributed by atoms with E-state index in [1.165, 1.54) is 24.8 Å². The van der Waals surface area contributed by atoms with Crippen LogP contribution in [0.4, 0.5) is 0 Å². The molecule has 0 spiro atoms. The fourth-order valence-corrected chi connectivity index (χ4v) is 5.76. The molecule has 4 rings (SSSR count). The first kappa shape index (κ1) is 30.2. The van der Waals surface area contributed by atoms with Crippen molar-refractivity contribution >= 4 is 12.0 Å². The third-order valence-corrected chi connectivity index (χ3v) is 7.79. The minimum absolute atomic E-state index is 0.0513. The summed E-state index contributed by atoms with van der Waals surface area (Å²) in [6, 6.07) is 25.1. The van der Waals surface area contributed by atoms with Gasteiger partial charge in [-0.25, -0.2) is 0 Å². The molecule has 3 aromatic rings. The highest BCUT2D eigenvalue weighted by Gasteiger charge is 2.24. The first-order chi connectivity index (χ1) is 20.0. The summed E-state index contributed by atoms with van der Waals surface area (Å²) in [7, 11) is 4.71. The molecule has 1 aliphatic rings. The third-order valence-electron chi connectivity index (χ3n) is 7.79. The standard InChI is InChI=1S/C35H44N2O4/c1-27(22-28-14-7-5-8-15-28)26-37(35(38)30-24-32(39-2)34(41-4)33(25-30)40-3)21-13-20-36-19-12-11-18-31(36)23-29-16-9-6-10-17-29/h5-10,14-17,22,24-25,31H,11-13,18-21,23,26H2,1-4H3/b27-22+. The van der Waals surface area contributed by atoms with Gasteiger partial charge in [-0.1, -0.05) is 78.7 Å². The number of carbonyl (C=O) groups is 1. The van der Waals surface area contributed by atoms with E-state index in [9.17, 15) is 4.79 Å². The number of hydrogen-bond donors (Lipinski definition) is 0. The molecule has 218 valence electrons. The molecule has 0 aromatic heterocycles. The number of carbonyl (C=O) groups excluding carboxylic acids is 1. The molecule has 6 nitrogen and oxygen atoms in total. The van der Waals surface area contributed by atoms with Crippen LogP contribution in [0.25, 0.3) is 6.08 Å². The first-order valence-corrected chi connectivity index (χ1v) is 14.6. The largest absolute Gasteiger partial charge is 0.493 e. The van der Waals surface area contributed by atoms with Gasteiger partial charge in [-0.3, -0.25) is 9.69 Å². The van der Waals surface area contributed by atoms with E-state index in [0.717, 1.165) is 37.1 Å². The van der Waals surface area contributed by atoms with Gasteiger partial charge in [0.15, 0.2) is 11.5 Å². The summed E-state index contributed by atoms with van der Waals surface area (Å²) in [5, 5.41) is 0. The molecule has 0 aliphatic carbocycles. The van der Waals surface area contributed by atoms with Crippen LogP contribution in [0.1, 0.15) is 54.1 Å². The van der Waals surface area contributed by atoms with Crippen LogP contribution >= 0.6 is 0 Å². The maximum absolute atomic E-state index is 14.0. The van der Waals surface area contributed by atoms with E-state index in [1.54, 1.807) is 33.5 Å². The summed E-state index contributed by atoms with van der Waals surface area (Å²) in [5.41, 5.74) is 4.16. The SMILES string of the molecule is COc1cc(C(=O)N(CCCN2CCCCC2Cc2ccccc2)C/C(C)=C/c2ccccc2)cc(OC)c1OC. The van der Waals surface area contributed by atoms with Crippen LogP contribution in [0.15, 0.2) is 78.4 Å². The average Bonchev–Trinajstić information content (AvgIpc) is 3.01. The molecule has 1 atom stereocenters. The van der Waals surface area contributed by atoms with Crippen molar-refractivity contribution < 1.29 is 19.0 Å². The Kier molecular flexibility index (Phi) is 11.3. The van der Waals surface area contributed by atoms with Gasteiger partial charge in [-0.05, 0) is 62.4 Å². The number of piperidine rings is 1. The minimum Gasteiger partial charge on any atom is -0.493 e. The second kappa shape index (κ2) is 15.3. The molecule has 1 heterocycles. The topological polar surface area (TPSA) is 51.2 Å². The lowest BCUT2D eigenvalue weighted by Crippen LogP contribution is -2.43. The van der Waals surface area contributed by atoms with Gasteiger partial charge in [0.05, 0.1) is 21.3 Å². The van der Waals surface area contributed by atoms with E-state index in [0.29, 0.717) is 41.9 Å². The fourth-order valence-electron chi connectivity index (χ4n) is 5.76. The van der Waals surface area contributed by atoms with Crippen molar-refractivity contribution in [2.24, 2.45) is 0 Å². The van der Waals surface area contributed by atoms with Crippen LogP contribution in [0.5, 0.6) is 17.2 Å². The van der Waals surface area contributed by atoms with Gasteiger partial charge < -0.3 is 19.1 Å². The second-order valence-corrected chi connectivity index (χ2v) is 10.8. The Morgan fingerprint density at radius 3 is 2.22 bits per heavy atom. The van der Waals surface area contributed by atoms with Crippen molar-refractivity contribution in [2.75, 3.05) is 47.5 Å². The number of rotatable bonds is 13. The molecule has 1 fully saturated rings. The normalized spacial score (nSPS) is 15.8. The number of amides is 1. The molecule has 3 aromatic carbocycles. The lowest BCUT2D eigenvalue weighted by Gasteiger charge is -2.36. The quantitative estimate of drug-likeness (QED) is 0.233. The Bertz CT molecular complexity index is 1250. The van der Waals surface area contributed by atoms with Gasteiger partial charge in [0.2, 0.25) is 5.75 Å². The van der Waals surface area contributed by atoms with E-state index >= 15 is 0 Å². The van der Waals surface area contributed by atoms with E-state index in [-0.39, 0.29) is 5.91 Å². The fraction of sp³-hybridized carbons (Fsp3) is 0.400. The summed E-state index contributed by atoms with van der Waals surface area (Å²) >= 11 is 0. The monoisotopic (exact) mass is 556 g/mol. The number of nitrogens with zero attached hydrogens (tertiary/aromatic N) is 2.